The van der Waals surface area contributed by atoms with Crippen molar-refractivity contribution in [2.45, 2.75) is 65.3 Å². The lowest BCUT2D eigenvalue weighted by atomic mass is 10.1. The molecular formula is C13H29NO. The second kappa shape index (κ2) is 9.17. The van der Waals surface area contributed by atoms with Crippen molar-refractivity contribution >= 4 is 0 Å². The van der Waals surface area contributed by atoms with Crippen molar-refractivity contribution in [1.82, 2.24) is 5.32 Å². The van der Waals surface area contributed by atoms with Crippen LogP contribution in [0.5, 0.6) is 0 Å². The second-order valence-electron chi connectivity index (χ2n) is 5.20. The first-order valence-electron chi connectivity index (χ1n) is 6.39. The summed E-state index contributed by atoms with van der Waals surface area (Å²) in [5.41, 5.74) is 0.213. The highest BCUT2D eigenvalue weighted by atomic mass is 16.5. The zero-order chi connectivity index (χ0) is 11.6. The molecule has 92 valence electrons. The Morgan fingerprint density at radius 2 is 1.60 bits per heavy atom. The zero-order valence-corrected chi connectivity index (χ0v) is 11.1. The molecule has 0 spiro atoms. The number of ether oxygens (including phenoxy) is 1. The van der Waals surface area contributed by atoms with Gasteiger partial charge in [-0.3, -0.25) is 0 Å². The van der Waals surface area contributed by atoms with E-state index in [1.165, 1.54) is 32.1 Å². The Balaban J connectivity index is 2.99. The predicted molar refractivity (Wildman–Crippen MR) is 67.3 cm³/mol. The summed E-state index contributed by atoms with van der Waals surface area (Å²) in [5, 5.41) is 3.41. The Bertz CT molecular complexity index is 129. The van der Waals surface area contributed by atoms with E-state index in [2.05, 4.69) is 33.0 Å². The van der Waals surface area contributed by atoms with Crippen LogP contribution >= 0.6 is 0 Å². The molecule has 15 heavy (non-hydrogen) atoms. The molecule has 0 aliphatic rings. The van der Waals surface area contributed by atoms with Gasteiger partial charge in [-0.2, -0.15) is 0 Å². The zero-order valence-electron chi connectivity index (χ0n) is 11.1. The van der Waals surface area contributed by atoms with Gasteiger partial charge in [0.2, 0.25) is 0 Å². The molecule has 0 aromatic rings. The molecule has 0 aromatic carbocycles. The fourth-order valence-electron chi connectivity index (χ4n) is 1.41. The summed E-state index contributed by atoms with van der Waals surface area (Å²) in [4.78, 5) is 0. The van der Waals surface area contributed by atoms with Gasteiger partial charge in [0.1, 0.15) is 0 Å². The SMILES string of the molecule is CCCCCCCOCCNC(C)(C)C. The topological polar surface area (TPSA) is 21.3 Å². The molecule has 0 aliphatic heterocycles. The molecule has 0 aliphatic carbocycles. The summed E-state index contributed by atoms with van der Waals surface area (Å²) < 4.78 is 5.55. The third-order valence-electron chi connectivity index (χ3n) is 2.29. The summed E-state index contributed by atoms with van der Waals surface area (Å²) >= 11 is 0. The molecule has 1 N–H and O–H groups in total. The normalized spacial score (nSPS) is 12.0. The maximum Gasteiger partial charge on any atom is 0.0591 e. The van der Waals surface area contributed by atoms with Crippen LogP contribution in [0.1, 0.15) is 59.8 Å². The minimum Gasteiger partial charge on any atom is -0.380 e. The highest BCUT2D eigenvalue weighted by Gasteiger charge is 2.06. The van der Waals surface area contributed by atoms with Crippen molar-refractivity contribution in [3.8, 4) is 0 Å². The number of unbranched alkanes of at least 4 members (excludes halogenated alkanes) is 4. The first kappa shape index (κ1) is 14.9. The molecule has 2 nitrogen and oxygen atoms in total. The minimum absolute atomic E-state index is 0.213. The molecule has 0 bridgehead atoms. The van der Waals surface area contributed by atoms with Crippen LogP contribution in [0.25, 0.3) is 0 Å². The molecule has 0 atom stereocenters. The quantitative estimate of drug-likeness (QED) is 0.595. The Morgan fingerprint density at radius 1 is 0.933 bits per heavy atom. The molecule has 2 heteroatoms. The lowest BCUT2D eigenvalue weighted by molar-refractivity contribution is 0.127. The molecule has 0 fully saturated rings. The van der Waals surface area contributed by atoms with E-state index >= 15 is 0 Å². The van der Waals surface area contributed by atoms with Crippen LogP contribution in [0.2, 0.25) is 0 Å². The Morgan fingerprint density at radius 3 is 2.20 bits per heavy atom. The molecule has 0 heterocycles. The summed E-state index contributed by atoms with van der Waals surface area (Å²) in [5.74, 6) is 0. The highest BCUT2D eigenvalue weighted by Crippen LogP contribution is 2.02. The third kappa shape index (κ3) is 13.9. The van der Waals surface area contributed by atoms with Gasteiger partial charge in [-0.15, -0.1) is 0 Å². The van der Waals surface area contributed by atoms with Crippen molar-refractivity contribution in [3.63, 3.8) is 0 Å². The van der Waals surface area contributed by atoms with Gasteiger partial charge < -0.3 is 10.1 Å². The monoisotopic (exact) mass is 215 g/mol. The van der Waals surface area contributed by atoms with Crippen LogP contribution in [0.4, 0.5) is 0 Å². The van der Waals surface area contributed by atoms with E-state index in [9.17, 15) is 0 Å². The Kier molecular flexibility index (Phi) is 9.12. The van der Waals surface area contributed by atoms with Crippen molar-refractivity contribution in [3.05, 3.63) is 0 Å². The van der Waals surface area contributed by atoms with Gasteiger partial charge in [0, 0.05) is 18.7 Å². The second-order valence-corrected chi connectivity index (χ2v) is 5.20. The summed E-state index contributed by atoms with van der Waals surface area (Å²) in [7, 11) is 0. The minimum atomic E-state index is 0.213. The van der Waals surface area contributed by atoms with E-state index in [1.807, 2.05) is 0 Å². The highest BCUT2D eigenvalue weighted by molar-refractivity contribution is 4.69. The number of hydrogen-bond acceptors (Lipinski definition) is 2. The van der Waals surface area contributed by atoms with Crippen LogP contribution in [0, 0.1) is 0 Å². The van der Waals surface area contributed by atoms with Gasteiger partial charge in [0.15, 0.2) is 0 Å². The van der Waals surface area contributed by atoms with Gasteiger partial charge >= 0.3 is 0 Å². The van der Waals surface area contributed by atoms with Crippen molar-refractivity contribution in [2.75, 3.05) is 19.8 Å². The van der Waals surface area contributed by atoms with E-state index < -0.39 is 0 Å². The van der Waals surface area contributed by atoms with E-state index in [0.717, 1.165) is 19.8 Å². The van der Waals surface area contributed by atoms with Crippen LogP contribution in [0.15, 0.2) is 0 Å². The van der Waals surface area contributed by atoms with E-state index in [1.54, 1.807) is 0 Å². The molecule has 0 saturated heterocycles. The number of rotatable bonds is 9. The molecule has 0 unspecified atom stereocenters. The van der Waals surface area contributed by atoms with Gasteiger partial charge in [-0.25, -0.2) is 0 Å². The summed E-state index contributed by atoms with van der Waals surface area (Å²) in [6.07, 6.45) is 6.58. The maximum atomic E-state index is 5.55. The Labute approximate surface area is 95.8 Å². The molecule has 0 rings (SSSR count). The van der Waals surface area contributed by atoms with Crippen molar-refractivity contribution in [1.29, 1.82) is 0 Å². The summed E-state index contributed by atoms with van der Waals surface area (Å²) in [6.45, 7) is 11.5. The average Bonchev–Trinajstić information content (AvgIpc) is 2.14. The van der Waals surface area contributed by atoms with Crippen molar-refractivity contribution < 1.29 is 4.74 Å². The molecular weight excluding hydrogens is 186 g/mol. The lowest BCUT2D eigenvalue weighted by Crippen LogP contribution is -2.38. The van der Waals surface area contributed by atoms with Crippen LogP contribution in [0.3, 0.4) is 0 Å². The van der Waals surface area contributed by atoms with E-state index in [0.29, 0.717) is 0 Å². The van der Waals surface area contributed by atoms with Gasteiger partial charge in [0.25, 0.3) is 0 Å². The van der Waals surface area contributed by atoms with Crippen LogP contribution in [-0.2, 0) is 4.74 Å². The number of nitrogens with one attached hydrogen (secondary N) is 1. The van der Waals surface area contributed by atoms with Crippen LogP contribution in [-0.4, -0.2) is 25.3 Å². The lowest BCUT2D eigenvalue weighted by Gasteiger charge is -2.20. The van der Waals surface area contributed by atoms with Crippen LogP contribution < -0.4 is 5.32 Å². The third-order valence-corrected chi connectivity index (χ3v) is 2.29. The molecule has 0 amide bonds. The predicted octanol–water partition coefficient (Wildman–Crippen LogP) is 3.36. The largest absolute Gasteiger partial charge is 0.380 e. The molecule has 0 saturated carbocycles. The number of hydrogen-bond donors (Lipinski definition) is 1. The van der Waals surface area contributed by atoms with Gasteiger partial charge in [-0.05, 0) is 27.2 Å². The molecule has 0 aromatic heterocycles. The fourth-order valence-corrected chi connectivity index (χ4v) is 1.41. The first-order chi connectivity index (χ1) is 7.06. The van der Waals surface area contributed by atoms with E-state index in [-0.39, 0.29) is 5.54 Å². The standard InChI is InChI=1S/C13H29NO/c1-5-6-7-8-9-11-15-12-10-14-13(2,3)4/h14H,5-12H2,1-4H3. The van der Waals surface area contributed by atoms with Gasteiger partial charge in [0.05, 0.1) is 6.61 Å². The van der Waals surface area contributed by atoms with Crippen molar-refractivity contribution in [2.24, 2.45) is 0 Å². The Hall–Kier alpha value is -0.0800. The average molecular weight is 215 g/mol. The van der Waals surface area contributed by atoms with E-state index in [4.69, 9.17) is 4.74 Å². The maximum absolute atomic E-state index is 5.55. The van der Waals surface area contributed by atoms with Gasteiger partial charge in [-0.1, -0.05) is 32.6 Å². The molecule has 0 radical (unpaired) electrons. The fraction of sp³-hybridized carbons (Fsp3) is 1.00. The first-order valence-corrected chi connectivity index (χ1v) is 6.39. The summed E-state index contributed by atoms with van der Waals surface area (Å²) in [6, 6.07) is 0. The smallest absolute Gasteiger partial charge is 0.0591 e.